The summed E-state index contributed by atoms with van der Waals surface area (Å²) in [4.78, 5) is 12.9. The molecule has 0 saturated carbocycles. The second-order valence-electron chi connectivity index (χ2n) is 5.53. The van der Waals surface area contributed by atoms with Crippen molar-refractivity contribution in [2.75, 3.05) is 23.7 Å². The molecule has 5 heteroatoms. The van der Waals surface area contributed by atoms with Gasteiger partial charge >= 0.3 is 5.97 Å². The van der Waals surface area contributed by atoms with Crippen LogP contribution in [0.4, 0.5) is 5.69 Å². The third-order valence-corrected chi connectivity index (χ3v) is 4.14. The molecule has 2 N–H and O–H groups in total. The van der Waals surface area contributed by atoms with Crippen molar-refractivity contribution in [1.29, 1.82) is 0 Å². The van der Waals surface area contributed by atoms with E-state index in [1.54, 1.807) is 29.2 Å². The van der Waals surface area contributed by atoms with Crippen molar-refractivity contribution in [3.8, 4) is 5.75 Å². The van der Waals surface area contributed by atoms with Crippen LogP contribution in [0.25, 0.3) is 0 Å². The molecule has 2 aromatic rings. The quantitative estimate of drug-likeness (QED) is 0.651. The van der Waals surface area contributed by atoms with Gasteiger partial charge in [-0.1, -0.05) is 36.4 Å². The first-order valence-corrected chi connectivity index (χ1v) is 8.12. The molecule has 0 aromatic heterocycles. The van der Waals surface area contributed by atoms with Crippen LogP contribution in [-0.4, -0.2) is 35.0 Å². The molecule has 0 heterocycles. The fourth-order valence-corrected chi connectivity index (χ4v) is 2.80. The highest BCUT2D eigenvalue weighted by Gasteiger charge is 2.17. The van der Waals surface area contributed by atoms with Crippen molar-refractivity contribution < 1.29 is 15.0 Å². The van der Waals surface area contributed by atoms with Crippen LogP contribution in [0.5, 0.6) is 5.75 Å². The number of carboxylic acid groups (broad SMARTS) is 1. The van der Waals surface area contributed by atoms with Gasteiger partial charge in [-0.2, -0.15) is 12.6 Å². The van der Waals surface area contributed by atoms with E-state index >= 15 is 0 Å². The van der Waals surface area contributed by atoms with Gasteiger partial charge in [0.25, 0.3) is 0 Å². The highest BCUT2D eigenvalue weighted by atomic mass is 32.1. The van der Waals surface area contributed by atoms with E-state index in [-0.39, 0.29) is 18.2 Å². The lowest BCUT2D eigenvalue weighted by Crippen LogP contribution is -2.35. The summed E-state index contributed by atoms with van der Waals surface area (Å²) in [5.41, 5.74) is 1.91. The first kappa shape index (κ1) is 17.2. The maximum absolute atomic E-state index is 11.2. The summed E-state index contributed by atoms with van der Waals surface area (Å²) >= 11 is 4.42. The molecular weight excluding hydrogens is 310 g/mol. The van der Waals surface area contributed by atoms with E-state index in [1.165, 1.54) is 5.56 Å². The summed E-state index contributed by atoms with van der Waals surface area (Å²) in [6, 6.07) is 16.8. The van der Waals surface area contributed by atoms with E-state index in [0.717, 1.165) is 6.42 Å². The molecule has 0 bridgehead atoms. The topological polar surface area (TPSA) is 60.8 Å². The molecule has 0 radical (unpaired) electrons. The Morgan fingerprint density at radius 3 is 2.48 bits per heavy atom. The molecule has 0 aliphatic carbocycles. The van der Waals surface area contributed by atoms with Gasteiger partial charge in [-0.3, -0.25) is 4.79 Å². The number of hydrogen-bond donors (Lipinski definition) is 3. The van der Waals surface area contributed by atoms with Crippen LogP contribution in [0.15, 0.2) is 54.6 Å². The Hall–Kier alpha value is -2.14. The number of nitrogens with zero attached hydrogens (tertiary/aromatic N) is 1. The second kappa shape index (κ2) is 8.48. The van der Waals surface area contributed by atoms with Gasteiger partial charge in [-0.25, -0.2) is 0 Å². The Morgan fingerprint density at radius 2 is 1.87 bits per heavy atom. The van der Waals surface area contributed by atoms with Gasteiger partial charge in [0.2, 0.25) is 0 Å². The Labute approximate surface area is 141 Å². The minimum absolute atomic E-state index is 0.109. The van der Waals surface area contributed by atoms with Crippen molar-refractivity contribution in [2.45, 2.75) is 6.42 Å². The maximum atomic E-state index is 11.2. The summed E-state index contributed by atoms with van der Waals surface area (Å²) < 4.78 is 0. The smallest absolute Gasteiger partial charge is 0.323 e. The van der Waals surface area contributed by atoms with Gasteiger partial charge in [0.15, 0.2) is 0 Å². The third-order valence-electron chi connectivity index (χ3n) is 3.62. The average molecular weight is 331 g/mol. The minimum atomic E-state index is -0.897. The number of anilines is 1. The van der Waals surface area contributed by atoms with Crippen LogP contribution < -0.4 is 4.90 Å². The number of thiol groups is 1. The van der Waals surface area contributed by atoms with Crippen molar-refractivity contribution in [3.05, 3.63) is 60.2 Å². The van der Waals surface area contributed by atoms with E-state index in [2.05, 4.69) is 24.8 Å². The molecule has 122 valence electrons. The van der Waals surface area contributed by atoms with Crippen LogP contribution in [0.3, 0.4) is 0 Å². The molecule has 0 aliphatic heterocycles. The van der Waals surface area contributed by atoms with E-state index in [4.69, 9.17) is 5.11 Å². The van der Waals surface area contributed by atoms with E-state index < -0.39 is 5.97 Å². The van der Waals surface area contributed by atoms with Crippen molar-refractivity contribution in [3.63, 3.8) is 0 Å². The van der Waals surface area contributed by atoms with Gasteiger partial charge < -0.3 is 15.1 Å². The zero-order valence-corrected chi connectivity index (χ0v) is 13.7. The number of aromatic hydroxyl groups is 1. The van der Waals surface area contributed by atoms with Gasteiger partial charge in [-0.05, 0) is 35.8 Å². The number of carboxylic acids is 1. The maximum Gasteiger partial charge on any atom is 0.323 e. The highest BCUT2D eigenvalue weighted by molar-refractivity contribution is 7.80. The van der Waals surface area contributed by atoms with Crippen LogP contribution >= 0.6 is 12.6 Å². The molecule has 1 unspecified atom stereocenters. The molecule has 0 amide bonds. The number of benzene rings is 2. The fourth-order valence-electron chi connectivity index (χ4n) is 2.56. The van der Waals surface area contributed by atoms with Crippen molar-refractivity contribution in [2.24, 2.45) is 5.92 Å². The summed E-state index contributed by atoms with van der Waals surface area (Å²) in [7, 11) is 0. The zero-order valence-electron chi connectivity index (χ0n) is 12.8. The monoisotopic (exact) mass is 331 g/mol. The van der Waals surface area contributed by atoms with Crippen LogP contribution in [0.2, 0.25) is 0 Å². The molecule has 23 heavy (non-hydrogen) atoms. The summed E-state index contributed by atoms with van der Waals surface area (Å²) in [5.74, 6) is 0.0980. The Bertz CT molecular complexity index is 633. The normalized spacial score (nSPS) is 11.9. The standard InChI is InChI=1S/C18H21NO3S/c20-17-8-4-7-16(10-17)19(12-18(21)22)11-15(13-23)9-14-5-2-1-3-6-14/h1-8,10,15,20,23H,9,11-13H2,(H,21,22). The largest absolute Gasteiger partial charge is 0.508 e. The molecular formula is C18H21NO3S. The summed E-state index contributed by atoms with van der Waals surface area (Å²) in [6.07, 6.45) is 0.833. The average Bonchev–Trinajstić information content (AvgIpc) is 2.54. The lowest BCUT2D eigenvalue weighted by molar-refractivity contribution is -0.135. The molecule has 2 aromatic carbocycles. The van der Waals surface area contributed by atoms with Crippen LogP contribution in [-0.2, 0) is 11.2 Å². The third kappa shape index (κ3) is 5.53. The Kier molecular flexibility index (Phi) is 6.35. The molecule has 2 rings (SSSR count). The minimum Gasteiger partial charge on any atom is -0.508 e. The summed E-state index contributed by atoms with van der Waals surface area (Å²) in [6.45, 7) is 0.455. The van der Waals surface area contributed by atoms with Gasteiger partial charge in [0.1, 0.15) is 12.3 Å². The predicted molar refractivity (Wildman–Crippen MR) is 95.4 cm³/mol. The number of phenols is 1. The molecule has 1 atom stereocenters. The van der Waals surface area contributed by atoms with Gasteiger partial charge in [0.05, 0.1) is 0 Å². The van der Waals surface area contributed by atoms with Crippen LogP contribution in [0, 0.1) is 5.92 Å². The summed E-state index contributed by atoms with van der Waals surface area (Å²) in [5, 5.41) is 18.8. The lowest BCUT2D eigenvalue weighted by atomic mass is 10.00. The van der Waals surface area contributed by atoms with Crippen molar-refractivity contribution in [1.82, 2.24) is 0 Å². The van der Waals surface area contributed by atoms with Gasteiger partial charge in [-0.15, -0.1) is 0 Å². The van der Waals surface area contributed by atoms with E-state index in [0.29, 0.717) is 18.0 Å². The van der Waals surface area contributed by atoms with E-state index in [1.807, 2.05) is 18.2 Å². The first-order valence-electron chi connectivity index (χ1n) is 7.49. The number of aliphatic carboxylic acids is 1. The molecule has 0 fully saturated rings. The van der Waals surface area contributed by atoms with E-state index in [9.17, 15) is 9.90 Å². The zero-order chi connectivity index (χ0) is 16.7. The first-order chi connectivity index (χ1) is 11.1. The number of phenolic OH excluding ortho intramolecular Hbond substituents is 1. The fraction of sp³-hybridized carbons (Fsp3) is 0.278. The van der Waals surface area contributed by atoms with Crippen LogP contribution in [0.1, 0.15) is 5.56 Å². The predicted octanol–water partition coefficient (Wildman–Crippen LogP) is 3.07. The molecule has 0 aliphatic rings. The molecule has 4 nitrogen and oxygen atoms in total. The number of hydrogen-bond acceptors (Lipinski definition) is 4. The number of carbonyl (C=O) groups is 1. The second-order valence-corrected chi connectivity index (χ2v) is 5.90. The van der Waals surface area contributed by atoms with Crippen molar-refractivity contribution >= 4 is 24.3 Å². The lowest BCUT2D eigenvalue weighted by Gasteiger charge is -2.27. The Morgan fingerprint density at radius 1 is 1.13 bits per heavy atom. The number of rotatable bonds is 8. The van der Waals surface area contributed by atoms with Gasteiger partial charge in [0, 0.05) is 18.3 Å². The molecule has 0 saturated heterocycles. The SMILES string of the molecule is O=C(O)CN(CC(CS)Cc1ccccc1)c1cccc(O)c1. The highest BCUT2D eigenvalue weighted by Crippen LogP contribution is 2.22. The Balaban J connectivity index is 2.13. The molecule has 0 spiro atoms.